The maximum Gasteiger partial charge on any atom is 0.0947 e. The lowest BCUT2D eigenvalue weighted by Crippen LogP contribution is -2.04. The summed E-state index contributed by atoms with van der Waals surface area (Å²) in [5, 5.41) is 5.59. The lowest BCUT2D eigenvalue weighted by atomic mass is 10.2. The molecule has 2 rings (SSSR count). The summed E-state index contributed by atoms with van der Waals surface area (Å²) in [4.78, 5) is 0. The molecule has 3 nitrogen and oxygen atoms in total. The molecular weight excluding hydrogens is 174 g/mol. The summed E-state index contributed by atoms with van der Waals surface area (Å²) in [7, 11) is 0. The van der Waals surface area contributed by atoms with Gasteiger partial charge in [0.05, 0.1) is 5.52 Å². The minimum atomic E-state index is 0.377. The van der Waals surface area contributed by atoms with Crippen LogP contribution < -0.4 is 5.73 Å². The average Bonchev–Trinajstić information content (AvgIpc) is 2.45. The number of hydrogen-bond donors (Lipinski definition) is 1. The van der Waals surface area contributed by atoms with Gasteiger partial charge >= 0.3 is 0 Å². The highest BCUT2D eigenvalue weighted by molar-refractivity contribution is 5.92. The van der Waals surface area contributed by atoms with Crippen molar-refractivity contribution in [1.29, 1.82) is 0 Å². The molecule has 0 saturated carbocycles. The first-order valence-corrected chi connectivity index (χ1v) is 4.84. The normalized spacial score (nSPS) is 11.4. The van der Waals surface area contributed by atoms with Crippen LogP contribution in [0, 0.1) is 6.92 Å². The number of nitrogen functional groups attached to an aromatic ring is 1. The summed E-state index contributed by atoms with van der Waals surface area (Å²) in [6.45, 7) is 6.30. The minimum Gasteiger partial charge on any atom is -0.398 e. The van der Waals surface area contributed by atoms with Crippen LogP contribution in [-0.4, -0.2) is 9.78 Å². The molecule has 1 aromatic carbocycles. The fourth-order valence-corrected chi connectivity index (χ4v) is 1.84. The largest absolute Gasteiger partial charge is 0.398 e. The molecule has 0 aliphatic rings. The Balaban J connectivity index is 2.81. The summed E-state index contributed by atoms with van der Waals surface area (Å²) in [6, 6.07) is 6.23. The zero-order valence-electron chi connectivity index (χ0n) is 8.78. The molecule has 2 N–H and O–H groups in total. The molecule has 0 radical (unpaired) electrons. The highest BCUT2D eigenvalue weighted by Gasteiger charge is 2.10. The van der Waals surface area contributed by atoms with E-state index in [1.807, 2.05) is 22.9 Å². The molecule has 14 heavy (non-hydrogen) atoms. The Hall–Kier alpha value is -1.51. The lowest BCUT2D eigenvalue weighted by Gasteiger charge is -2.07. The molecule has 0 aliphatic heterocycles. The molecule has 0 amide bonds. The van der Waals surface area contributed by atoms with Crippen LogP contribution in [0.1, 0.15) is 25.6 Å². The van der Waals surface area contributed by atoms with Gasteiger partial charge in [-0.05, 0) is 32.9 Å². The van der Waals surface area contributed by atoms with Gasteiger partial charge in [-0.1, -0.05) is 6.07 Å². The van der Waals surface area contributed by atoms with Crippen LogP contribution in [0.2, 0.25) is 0 Å². The summed E-state index contributed by atoms with van der Waals surface area (Å²) >= 11 is 0. The van der Waals surface area contributed by atoms with E-state index in [1.165, 1.54) is 0 Å². The third kappa shape index (κ3) is 1.16. The monoisotopic (exact) mass is 189 g/mol. The third-order valence-electron chi connectivity index (χ3n) is 2.48. The quantitative estimate of drug-likeness (QED) is 0.700. The van der Waals surface area contributed by atoms with Gasteiger partial charge < -0.3 is 5.73 Å². The average molecular weight is 189 g/mol. The van der Waals surface area contributed by atoms with Crippen LogP contribution in [0.4, 0.5) is 5.69 Å². The Bertz CT molecular complexity index is 469. The van der Waals surface area contributed by atoms with E-state index in [4.69, 9.17) is 5.73 Å². The van der Waals surface area contributed by atoms with Crippen molar-refractivity contribution < 1.29 is 0 Å². The maximum absolute atomic E-state index is 5.92. The Morgan fingerprint density at radius 1 is 1.36 bits per heavy atom. The number of nitrogens with two attached hydrogens (primary N) is 1. The Morgan fingerprint density at radius 3 is 2.64 bits per heavy atom. The fraction of sp³-hybridized carbons (Fsp3) is 0.364. The van der Waals surface area contributed by atoms with Crippen molar-refractivity contribution in [3.63, 3.8) is 0 Å². The van der Waals surface area contributed by atoms with Gasteiger partial charge in [-0.15, -0.1) is 0 Å². The number of nitrogens with zero attached hydrogens (tertiary/aromatic N) is 2. The SMILES string of the molecule is Cc1c2c(N)cccc2nn1C(C)C. The van der Waals surface area contributed by atoms with E-state index in [0.717, 1.165) is 22.3 Å². The Morgan fingerprint density at radius 2 is 2.07 bits per heavy atom. The van der Waals surface area contributed by atoms with Crippen molar-refractivity contribution in [2.45, 2.75) is 26.8 Å². The second-order valence-corrected chi connectivity index (χ2v) is 3.87. The number of hydrogen-bond acceptors (Lipinski definition) is 2. The highest BCUT2D eigenvalue weighted by Crippen LogP contribution is 2.25. The highest BCUT2D eigenvalue weighted by atomic mass is 15.3. The van der Waals surface area contributed by atoms with Crippen molar-refractivity contribution in [3.8, 4) is 0 Å². The van der Waals surface area contributed by atoms with Crippen LogP contribution in [0.15, 0.2) is 18.2 Å². The van der Waals surface area contributed by atoms with Crippen LogP contribution >= 0.6 is 0 Å². The molecule has 74 valence electrons. The van der Waals surface area contributed by atoms with E-state index in [0.29, 0.717) is 6.04 Å². The predicted octanol–water partition coefficient (Wildman–Crippen LogP) is 2.51. The molecule has 0 spiro atoms. The van der Waals surface area contributed by atoms with Crippen molar-refractivity contribution >= 4 is 16.6 Å². The van der Waals surface area contributed by atoms with E-state index in [9.17, 15) is 0 Å². The number of anilines is 1. The Kier molecular flexibility index (Phi) is 1.95. The lowest BCUT2D eigenvalue weighted by molar-refractivity contribution is 0.524. The molecule has 0 aliphatic carbocycles. The van der Waals surface area contributed by atoms with Gasteiger partial charge in [0.25, 0.3) is 0 Å². The second-order valence-electron chi connectivity index (χ2n) is 3.87. The first kappa shape index (κ1) is 9.06. The van der Waals surface area contributed by atoms with Gasteiger partial charge in [0.2, 0.25) is 0 Å². The standard InChI is InChI=1S/C11H15N3/c1-7(2)14-8(3)11-9(12)5-4-6-10(11)13-14/h4-7H,12H2,1-3H3. The van der Waals surface area contributed by atoms with E-state index in [1.54, 1.807) is 0 Å². The first-order chi connectivity index (χ1) is 6.61. The zero-order valence-corrected chi connectivity index (χ0v) is 8.78. The summed E-state index contributed by atoms with van der Waals surface area (Å²) in [6.07, 6.45) is 0. The molecule has 1 heterocycles. The van der Waals surface area contributed by atoms with Gasteiger partial charge in [0, 0.05) is 22.8 Å². The third-order valence-corrected chi connectivity index (χ3v) is 2.48. The molecular formula is C11H15N3. The summed E-state index contributed by atoms with van der Waals surface area (Å²) in [5.74, 6) is 0. The molecule has 0 saturated heterocycles. The van der Waals surface area contributed by atoms with Crippen molar-refractivity contribution in [2.75, 3.05) is 5.73 Å². The predicted molar refractivity (Wildman–Crippen MR) is 59.3 cm³/mol. The van der Waals surface area contributed by atoms with Crippen molar-refractivity contribution in [1.82, 2.24) is 9.78 Å². The zero-order chi connectivity index (χ0) is 10.3. The van der Waals surface area contributed by atoms with Crippen LogP contribution in [-0.2, 0) is 0 Å². The van der Waals surface area contributed by atoms with Gasteiger partial charge in [0.1, 0.15) is 0 Å². The van der Waals surface area contributed by atoms with Crippen LogP contribution in [0.5, 0.6) is 0 Å². The number of benzene rings is 1. The van der Waals surface area contributed by atoms with Crippen molar-refractivity contribution in [2.24, 2.45) is 0 Å². The van der Waals surface area contributed by atoms with Gasteiger partial charge in [-0.25, -0.2) is 0 Å². The van der Waals surface area contributed by atoms with E-state index in [2.05, 4.69) is 25.9 Å². The minimum absolute atomic E-state index is 0.377. The molecule has 1 aromatic heterocycles. The van der Waals surface area contributed by atoms with Gasteiger partial charge in [-0.3, -0.25) is 4.68 Å². The smallest absolute Gasteiger partial charge is 0.0947 e. The summed E-state index contributed by atoms with van der Waals surface area (Å²) < 4.78 is 2.01. The molecule has 0 bridgehead atoms. The second kappa shape index (κ2) is 3.01. The van der Waals surface area contributed by atoms with Crippen molar-refractivity contribution in [3.05, 3.63) is 23.9 Å². The van der Waals surface area contributed by atoms with Crippen LogP contribution in [0.3, 0.4) is 0 Å². The fourth-order valence-electron chi connectivity index (χ4n) is 1.84. The molecule has 2 aromatic rings. The number of rotatable bonds is 1. The van der Waals surface area contributed by atoms with Crippen LogP contribution in [0.25, 0.3) is 10.9 Å². The Labute approximate surface area is 83.5 Å². The summed E-state index contributed by atoms with van der Waals surface area (Å²) in [5.41, 5.74) is 8.86. The molecule has 0 atom stereocenters. The molecule has 3 heteroatoms. The van der Waals surface area contributed by atoms with Gasteiger partial charge in [-0.2, -0.15) is 5.10 Å². The first-order valence-electron chi connectivity index (χ1n) is 4.84. The number of aryl methyl sites for hydroxylation is 1. The van der Waals surface area contributed by atoms with E-state index >= 15 is 0 Å². The molecule has 0 fully saturated rings. The maximum atomic E-state index is 5.92. The van der Waals surface area contributed by atoms with Gasteiger partial charge in [0.15, 0.2) is 0 Å². The topological polar surface area (TPSA) is 43.8 Å². The number of fused-ring (bicyclic) bond motifs is 1. The van der Waals surface area contributed by atoms with E-state index < -0.39 is 0 Å². The van der Waals surface area contributed by atoms with E-state index in [-0.39, 0.29) is 0 Å². The number of aromatic nitrogens is 2. The molecule has 0 unspecified atom stereocenters.